The summed E-state index contributed by atoms with van der Waals surface area (Å²) < 4.78 is 13.5. The molecule has 2 N–H and O–H groups in total. The molecule has 5 nitrogen and oxygen atoms in total. The smallest absolute Gasteiger partial charge is 0.249 e. The minimum absolute atomic E-state index is 0.266. The number of alkyl halides is 1. The minimum Gasteiger partial charge on any atom is -0.358 e. The molecule has 0 spiro atoms. The van der Waals surface area contributed by atoms with Crippen LogP contribution in [0.15, 0.2) is 12.3 Å². The topological polar surface area (TPSA) is 71.1 Å². The van der Waals surface area contributed by atoms with Crippen LogP contribution in [0.4, 0.5) is 10.2 Å². The van der Waals surface area contributed by atoms with Crippen molar-refractivity contribution < 1.29 is 14.0 Å². The van der Waals surface area contributed by atoms with Crippen molar-refractivity contribution in [3.63, 3.8) is 0 Å². The van der Waals surface area contributed by atoms with E-state index in [9.17, 15) is 14.0 Å². The fourth-order valence-electron chi connectivity index (χ4n) is 1.72. The largest absolute Gasteiger partial charge is 0.358 e. The van der Waals surface area contributed by atoms with E-state index >= 15 is 0 Å². The number of piperidine rings is 1. The standard InChI is InChI=1S/C11H11BrFN3O2/c12-5-6-7(13)3-4-14-10(6)15-8-1-2-9(17)16-11(8)18/h3-4,8H,1-2,5H2,(H,14,15)(H,16,17,18). The number of rotatable bonds is 3. The summed E-state index contributed by atoms with van der Waals surface area (Å²) in [7, 11) is 0. The lowest BCUT2D eigenvalue weighted by Gasteiger charge is -2.23. The van der Waals surface area contributed by atoms with Crippen LogP contribution < -0.4 is 10.6 Å². The molecular weight excluding hydrogens is 305 g/mol. The summed E-state index contributed by atoms with van der Waals surface area (Å²) in [6.07, 6.45) is 1.97. The van der Waals surface area contributed by atoms with Crippen molar-refractivity contribution in [2.75, 3.05) is 5.32 Å². The summed E-state index contributed by atoms with van der Waals surface area (Å²) in [6.45, 7) is 0. The summed E-state index contributed by atoms with van der Waals surface area (Å²) in [4.78, 5) is 26.6. The van der Waals surface area contributed by atoms with E-state index in [2.05, 4.69) is 31.5 Å². The van der Waals surface area contributed by atoms with Gasteiger partial charge in [-0.1, -0.05) is 15.9 Å². The molecule has 1 atom stereocenters. The average Bonchev–Trinajstić information content (AvgIpc) is 2.33. The van der Waals surface area contributed by atoms with E-state index in [-0.39, 0.29) is 12.3 Å². The van der Waals surface area contributed by atoms with Crippen LogP contribution in [-0.2, 0) is 14.9 Å². The summed E-state index contributed by atoms with van der Waals surface area (Å²) >= 11 is 3.17. The number of halogens is 2. The molecule has 1 aliphatic rings. The Balaban J connectivity index is 2.17. The molecule has 0 bridgehead atoms. The zero-order chi connectivity index (χ0) is 13.1. The Hall–Kier alpha value is -1.50. The highest BCUT2D eigenvalue weighted by atomic mass is 79.9. The Labute approximate surface area is 111 Å². The zero-order valence-electron chi connectivity index (χ0n) is 9.37. The van der Waals surface area contributed by atoms with E-state index in [1.54, 1.807) is 0 Å². The number of carbonyl (C=O) groups is 2. The maximum Gasteiger partial charge on any atom is 0.249 e. The number of nitrogens with one attached hydrogen (secondary N) is 2. The number of anilines is 1. The van der Waals surface area contributed by atoms with E-state index in [4.69, 9.17) is 0 Å². The molecule has 1 unspecified atom stereocenters. The van der Waals surface area contributed by atoms with Crippen LogP contribution in [-0.4, -0.2) is 22.8 Å². The van der Waals surface area contributed by atoms with E-state index in [0.29, 0.717) is 23.1 Å². The first-order valence-corrected chi connectivity index (χ1v) is 6.53. The summed E-state index contributed by atoms with van der Waals surface area (Å²) in [5.41, 5.74) is 0.363. The second-order valence-electron chi connectivity index (χ2n) is 3.90. The molecule has 0 aliphatic carbocycles. The molecule has 0 saturated carbocycles. The first-order chi connectivity index (χ1) is 8.61. The van der Waals surface area contributed by atoms with Crippen LogP contribution in [0, 0.1) is 5.82 Å². The lowest BCUT2D eigenvalue weighted by molar-refractivity contribution is -0.133. The van der Waals surface area contributed by atoms with E-state index < -0.39 is 17.8 Å². The summed E-state index contributed by atoms with van der Waals surface area (Å²) in [5.74, 6) is -0.762. The first-order valence-electron chi connectivity index (χ1n) is 5.41. The number of hydrogen-bond acceptors (Lipinski definition) is 4. The summed E-state index contributed by atoms with van der Waals surface area (Å²) in [6, 6.07) is 0.696. The fourth-order valence-corrected chi connectivity index (χ4v) is 2.25. The molecule has 0 radical (unpaired) electrons. The van der Waals surface area contributed by atoms with Crippen molar-refractivity contribution >= 4 is 33.6 Å². The molecule has 2 heterocycles. The molecule has 1 aliphatic heterocycles. The molecule has 1 aromatic rings. The predicted octanol–water partition coefficient (Wildman–Crippen LogP) is 1.33. The number of hydrogen-bond donors (Lipinski definition) is 2. The van der Waals surface area contributed by atoms with Crippen LogP contribution >= 0.6 is 15.9 Å². The molecule has 96 valence electrons. The third-order valence-corrected chi connectivity index (χ3v) is 3.24. The van der Waals surface area contributed by atoms with Gasteiger partial charge in [0.25, 0.3) is 0 Å². The van der Waals surface area contributed by atoms with Crippen molar-refractivity contribution in [2.45, 2.75) is 24.2 Å². The number of pyridine rings is 1. The molecule has 1 aromatic heterocycles. The number of imide groups is 1. The second-order valence-corrected chi connectivity index (χ2v) is 4.46. The molecule has 1 saturated heterocycles. The summed E-state index contributed by atoms with van der Waals surface area (Å²) in [5, 5.41) is 5.39. The van der Waals surface area contributed by atoms with Crippen molar-refractivity contribution in [3.8, 4) is 0 Å². The van der Waals surface area contributed by atoms with Gasteiger partial charge in [-0.25, -0.2) is 9.37 Å². The minimum atomic E-state index is -0.560. The molecule has 0 aromatic carbocycles. The quantitative estimate of drug-likeness (QED) is 0.652. The van der Waals surface area contributed by atoms with Crippen molar-refractivity contribution in [1.29, 1.82) is 0 Å². The Morgan fingerprint density at radius 2 is 2.33 bits per heavy atom. The Morgan fingerprint density at radius 1 is 1.56 bits per heavy atom. The van der Waals surface area contributed by atoms with Crippen LogP contribution in [0.2, 0.25) is 0 Å². The van der Waals surface area contributed by atoms with Gasteiger partial charge in [0.2, 0.25) is 11.8 Å². The zero-order valence-corrected chi connectivity index (χ0v) is 11.0. The van der Waals surface area contributed by atoms with Gasteiger partial charge >= 0.3 is 0 Å². The van der Waals surface area contributed by atoms with Crippen molar-refractivity contribution in [2.24, 2.45) is 0 Å². The molecule has 7 heteroatoms. The predicted molar refractivity (Wildman–Crippen MR) is 66.6 cm³/mol. The number of carbonyl (C=O) groups excluding carboxylic acids is 2. The van der Waals surface area contributed by atoms with Gasteiger partial charge in [-0.05, 0) is 12.5 Å². The van der Waals surface area contributed by atoms with Crippen molar-refractivity contribution in [1.82, 2.24) is 10.3 Å². The average molecular weight is 316 g/mol. The highest BCUT2D eigenvalue weighted by molar-refractivity contribution is 9.08. The van der Waals surface area contributed by atoms with Crippen molar-refractivity contribution in [3.05, 3.63) is 23.6 Å². The highest BCUT2D eigenvalue weighted by Gasteiger charge is 2.27. The van der Waals surface area contributed by atoms with E-state index in [1.165, 1.54) is 12.3 Å². The monoisotopic (exact) mass is 315 g/mol. The maximum atomic E-state index is 13.5. The third-order valence-electron chi connectivity index (χ3n) is 2.68. The molecule has 2 rings (SSSR count). The second kappa shape index (κ2) is 5.43. The number of amides is 2. The maximum absolute atomic E-state index is 13.5. The van der Waals surface area contributed by atoms with E-state index in [0.717, 1.165) is 0 Å². The highest BCUT2D eigenvalue weighted by Crippen LogP contribution is 2.21. The van der Waals surface area contributed by atoms with Gasteiger partial charge in [-0.15, -0.1) is 0 Å². The van der Waals surface area contributed by atoms with Crippen LogP contribution in [0.3, 0.4) is 0 Å². The molecular formula is C11H11BrFN3O2. The van der Waals surface area contributed by atoms with Gasteiger partial charge in [0.05, 0.1) is 0 Å². The molecule has 2 amide bonds. The van der Waals surface area contributed by atoms with Crippen LogP contribution in [0.25, 0.3) is 0 Å². The number of aromatic nitrogens is 1. The van der Waals surface area contributed by atoms with Crippen LogP contribution in [0.1, 0.15) is 18.4 Å². The Kier molecular flexibility index (Phi) is 3.90. The van der Waals surface area contributed by atoms with Gasteiger partial charge in [-0.3, -0.25) is 14.9 Å². The van der Waals surface area contributed by atoms with E-state index in [1.807, 2.05) is 0 Å². The van der Waals surface area contributed by atoms with Gasteiger partial charge in [0.15, 0.2) is 0 Å². The Bertz CT molecular complexity index is 495. The van der Waals surface area contributed by atoms with Gasteiger partial charge in [-0.2, -0.15) is 0 Å². The Morgan fingerprint density at radius 3 is 3.00 bits per heavy atom. The van der Waals surface area contributed by atoms with Gasteiger partial charge in [0, 0.05) is 23.5 Å². The lowest BCUT2D eigenvalue weighted by Crippen LogP contribution is -2.47. The SMILES string of the molecule is O=C1CCC(Nc2nccc(F)c2CBr)C(=O)N1. The number of nitrogens with zero attached hydrogens (tertiary/aromatic N) is 1. The lowest BCUT2D eigenvalue weighted by atomic mass is 10.1. The normalized spacial score (nSPS) is 19.6. The van der Waals surface area contributed by atoms with Crippen LogP contribution in [0.5, 0.6) is 0 Å². The van der Waals surface area contributed by atoms with Gasteiger partial charge in [0.1, 0.15) is 17.7 Å². The fraction of sp³-hybridized carbons (Fsp3) is 0.364. The third kappa shape index (κ3) is 2.66. The van der Waals surface area contributed by atoms with Gasteiger partial charge < -0.3 is 5.32 Å². The molecule has 1 fully saturated rings. The first kappa shape index (κ1) is 12.9. The molecule has 18 heavy (non-hydrogen) atoms.